The zero-order valence-electron chi connectivity index (χ0n) is 15.5. The predicted octanol–water partition coefficient (Wildman–Crippen LogP) is 3.21. The number of benzene rings is 1. The Morgan fingerprint density at radius 3 is 2.96 bits per heavy atom. The minimum Gasteiger partial charge on any atom is -0.490 e. The molecule has 7 nitrogen and oxygen atoms in total. The number of nitrogen functional groups attached to an aromatic ring is 1. The molecule has 1 aliphatic carbocycles. The first-order valence-corrected chi connectivity index (χ1v) is 9.07. The van der Waals surface area contributed by atoms with Crippen molar-refractivity contribution < 1.29 is 9.57 Å². The molecule has 1 aromatic carbocycles. The Kier molecular flexibility index (Phi) is 5.14. The summed E-state index contributed by atoms with van der Waals surface area (Å²) in [6.07, 6.45) is 10.7. The molecular weight excluding hydrogens is 354 g/mol. The van der Waals surface area contributed by atoms with Gasteiger partial charge in [-0.05, 0) is 30.2 Å². The van der Waals surface area contributed by atoms with Crippen LogP contribution in [-0.4, -0.2) is 35.1 Å². The van der Waals surface area contributed by atoms with Crippen molar-refractivity contribution in [2.24, 2.45) is 16.1 Å². The van der Waals surface area contributed by atoms with Gasteiger partial charge in [0.25, 0.3) is 0 Å². The second-order valence-corrected chi connectivity index (χ2v) is 6.62. The van der Waals surface area contributed by atoms with Gasteiger partial charge in [-0.15, -0.1) is 0 Å². The van der Waals surface area contributed by atoms with Crippen molar-refractivity contribution in [1.82, 2.24) is 9.97 Å². The largest absolute Gasteiger partial charge is 0.490 e. The fraction of sp³-hybridized carbons (Fsp3) is 0.238. The van der Waals surface area contributed by atoms with E-state index >= 15 is 0 Å². The molecule has 28 heavy (non-hydrogen) atoms. The Balaban J connectivity index is 1.53. The highest BCUT2D eigenvalue weighted by Crippen LogP contribution is 2.33. The SMILES string of the molecule is CO/N=C\c1c(N)ncnc1N=C1C=CC2OC(Cc3ccccc3)=CC2C1. The first kappa shape index (κ1) is 17.9. The topological polar surface area (TPSA) is 95.0 Å². The van der Waals surface area contributed by atoms with E-state index in [1.54, 1.807) is 0 Å². The van der Waals surface area contributed by atoms with Gasteiger partial charge >= 0.3 is 0 Å². The fourth-order valence-electron chi connectivity index (χ4n) is 3.34. The summed E-state index contributed by atoms with van der Waals surface area (Å²) in [5.41, 5.74) is 8.62. The van der Waals surface area contributed by atoms with Crippen LogP contribution in [0.15, 0.2) is 70.8 Å². The molecule has 2 unspecified atom stereocenters. The fourth-order valence-corrected chi connectivity index (χ4v) is 3.34. The van der Waals surface area contributed by atoms with Crippen molar-refractivity contribution in [1.29, 1.82) is 0 Å². The van der Waals surface area contributed by atoms with Gasteiger partial charge in [0.1, 0.15) is 25.4 Å². The molecule has 0 amide bonds. The highest BCUT2D eigenvalue weighted by Gasteiger charge is 2.31. The highest BCUT2D eigenvalue weighted by atomic mass is 16.6. The summed E-state index contributed by atoms with van der Waals surface area (Å²) in [6, 6.07) is 10.3. The molecular formula is C21H21N5O2. The molecule has 2 N–H and O–H groups in total. The highest BCUT2D eigenvalue weighted by molar-refractivity contribution is 6.00. The average Bonchev–Trinajstić information content (AvgIpc) is 3.10. The van der Waals surface area contributed by atoms with Crippen LogP contribution in [0.2, 0.25) is 0 Å². The van der Waals surface area contributed by atoms with Gasteiger partial charge in [-0.1, -0.05) is 35.5 Å². The lowest BCUT2D eigenvalue weighted by molar-refractivity contribution is 0.150. The number of anilines is 1. The van der Waals surface area contributed by atoms with Crippen molar-refractivity contribution in [2.75, 3.05) is 12.8 Å². The lowest BCUT2D eigenvalue weighted by atomic mass is 9.91. The Morgan fingerprint density at radius 2 is 2.14 bits per heavy atom. The quantitative estimate of drug-likeness (QED) is 0.639. The van der Waals surface area contributed by atoms with Gasteiger partial charge in [0.15, 0.2) is 5.82 Å². The minimum atomic E-state index is 0.0580. The van der Waals surface area contributed by atoms with E-state index in [4.69, 9.17) is 15.3 Å². The Bertz CT molecular complexity index is 966. The third-order valence-corrected chi connectivity index (χ3v) is 4.68. The van der Waals surface area contributed by atoms with E-state index in [1.807, 2.05) is 24.3 Å². The number of fused-ring (bicyclic) bond motifs is 1. The maximum Gasteiger partial charge on any atom is 0.166 e. The number of rotatable bonds is 5. The van der Waals surface area contributed by atoms with Gasteiger partial charge in [-0.2, -0.15) is 0 Å². The number of aromatic nitrogens is 2. The molecule has 0 saturated carbocycles. The number of nitrogens with two attached hydrogens (primary N) is 1. The summed E-state index contributed by atoms with van der Waals surface area (Å²) < 4.78 is 6.10. The second kappa shape index (κ2) is 8.04. The molecule has 0 fully saturated rings. The number of aliphatic imine (C=N–C) groups is 1. The molecule has 0 spiro atoms. The first-order valence-electron chi connectivity index (χ1n) is 9.07. The number of nitrogens with zero attached hydrogens (tertiary/aromatic N) is 4. The zero-order chi connectivity index (χ0) is 19.3. The van der Waals surface area contributed by atoms with Gasteiger partial charge in [0.2, 0.25) is 0 Å². The van der Waals surface area contributed by atoms with Crippen LogP contribution in [0.25, 0.3) is 0 Å². The van der Waals surface area contributed by atoms with E-state index in [9.17, 15) is 0 Å². The lowest BCUT2D eigenvalue weighted by Crippen LogP contribution is -2.21. The zero-order valence-corrected chi connectivity index (χ0v) is 15.5. The molecule has 1 aliphatic heterocycles. The number of hydrogen-bond acceptors (Lipinski definition) is 7. The molecule has 2 aliphatic rings. The Labute approximate surface area is 163 Å². The number of hydrogen-bond donors (Lipinski definition) is 1. The van der Waals surface area contributed by atoms with Gasteiger partial charge in [0, 0.05) is 18.1 Å². The van der Waals surface area contributed by atoms with Crippen LogP contribution in [0.1, 0.15) is 17.5 Å². The third kappa shape index (κ3) is 3.93. The molecule has 2 heterocycles. The maximum atomic E-state index is 6.10. The van der Waals surface area contributed by atoms with Gasteiger partial charge in [0.05, 0.1) is 17.5 Å². The van der Waals surface area contributed by atoms with E-state index in [1.165, 1.54) is 25.2 Å². The summed E-state index contributed by atoms with van der Waals surface area (Å²) in [5.74, 6) is 2.05. The monoisotopic (exact) mass is 375 g/mol. The smallest absolute Gasteiger partial charge is 0.166 e. The normalized spacial score (nSPS) is 22.2. The van der Waals surface area contributed by atoms with Gasteiger partial charge < -0.3 is 15.3 Å². The molecule has 1 aromatic heterocycles. The van der Waals surface area contributed by atoms with Crippen LogP contribution in [0, 0.1) is 5.92 Å². The Morgan fingerprint density at radius 1 is 1.29 bits per heavy atom. The van der Waals surface area contributed by atoms with E-state index in [0.29, 0.717) is 17.2 Å². The lowest BCUT2D eigenvalue weighted by Gasteiger charge is -2.20. The minimum absolute atomic E-state index is 0.0580. The summed E-state index contributed by atoms with van der Waals surface area (Å²) in [7, 11) is 1.46. The van der Waals surface area contributed by atoms with Crippen LogP contribution >= 0.6 is 0 Å². The maximum absolute atomic E-state index is 6.10. The molecule has 0 saturated heterocycles. The predicted molar refractivity (Wildman–Crippen MR) is 108 cm³/mol. The van der Waals surface area contributed by atoms with E-state index < -0.39 is 0 Å². The standard InChI is InChI=1S/C21H21N5O2/c1-27-25-12-18-20(22)23-13-24-21(18)26-16-7-8-19-15(10-16)11-17(28-19)9-14-5-3-2-4-6-14/h2-8,11-13,15,19H,9-10H2,1H3,(H2,22,23,24)/b25-12-,26-16?. The molecule has 7 heteroatoms. The molecule has 0 bridgehead atoms. The van der Waals surface area contributed by atoms with Crippen molar-refractivity contribution >= 4 is 23.6 Å². The molecule has 4 rings (SSSR count). The summed E-state index contributed by atoms with van der Waals surface area (Å²) in [6.45, 7) is 0. The van der Waals surface area contributed by atoms with E-state index in [-0.39, 0.29) is 12.0 Å². The van der Waals surface area contributed by atoms with Crippen LogP contribution < -0.4 is 5.73 Å². The molecule has 2 atom stereocenters. The van der Waals surface area contributed by atoms with Crippen molar-refractivity contribution in [3.8, 4) is 0 Å². The van der Waals surface area contributed by atoms with Crippen LogP contribution in [0.5, 0.6) is 0 Å². The summed E-state index contributed by atoms with van der Waals surface area (Å²) in [5, 5.41) is 3.76. The van der Waals surface area contributed by atoms with Crippen LogP contribution in [0.4, 0.5) is 11.6 Å². The van der Waals surface area contributed by atoms with Gasteiger partial charge in [-0.25, -0.2) is 15.0 Å². The van der Waals surface area contributed by atoms with Crippen LogP contribution in [0.3, 0.4) is 0 Å². The number of oxime groups is 1. The number of ether oxygens (including phenoxy) is 1. The van der Waals surface area contributed by atoms with Crippen molar-refractivity contribution in [3.05, 3.63) is 71.8 Å². The van der Waals surface area contributed by atoms with Gasteiger partial charge in [-0.3, -0.25) is 0 Å². The van der Waals surface area contributed by atoms with E-state index in [0.717, 1.165) is 24.3 Å². The van der Waals surface area contributed by atoms with Crippen molar-refractivity contribution in [3.63, 3.8) is 0 Å². The first-order chi connectivity index (χ1) is 13.7. The molecule has 2 aromatic rings. The average molecular weight is 375 g/mol. The number of allylic oxidation sites excluding steroid dienone is 2. The summed E-state index contributed by atoms with van der Waals surface area (Å²) in [4.78, 5) is 17.6. The van der Waals surface area contributed by atoms with E-state index in [2.05, 4.69) is 44.4 Å². The second-order valence-electron chi connectivity index (χ2n) is 6.62. The molecule has 0 radical (unpaired) electrons. The molecule has 142 valence electrons. The van der Waals surface area contributed by atoms with Crippen molar-refractivity contribution in [2.45, 2.75) is 18.9 Å². The van der Waals surface area contributed by atoms with Crippen LogP contribution in [-0.2, 0) is 16.0 Å². The Hall–Kier alpha value is -3.48. The third-order valence-electron chi connectivity index (χ3n) is 4.68. The summed E-state index contributed by atoms with van der Waals surface area (Å²) >= 11 is 0.